The van der Waals surface area contributed by atoms with Gasteiger partial charge in [0, 0.05) is 5.69 Å². The Morgan fingerprint density at radius 2 is 1.37 bits per heavy atom. The third-order valence-electron chi connectivity index (χ3n) is 3.98. The average molecular weight is 403 g/mol. The molecule has 0 spiro atoms. The molecule has 138 valence electrons. The lowest BCUT2D eigenvalue weighted by Gasteiger charge is -2.21. The first-order valence-electron chi connectivity index (χ1n) is 8.05. The highest BCUT2D eigenvalue weighted by molar-refractivity contribution is 6.56. The molecule has 0 fully saturated rings. The molecule has 2 aromatic carbocycles. The van der Waals surface area contributed by atoms with Gasteiger partial charge in [0.05, 0.1) is 12.8 Å². The highest BCUT2D eigenvalue weighted by Gasteiger charge is 2.34. The van der Waals surface area contributed by atoms with Crippen molar-refractivity contribution in [3.05, 3.63) is 75.6 Å². The predicted molar refractivity (Wildman–Crippen MR) is 107 cm³/mol. The lowest BCUT2D eigenvalue weighted by Crippen LogP contribution is -2.27. The molecule has 0 radical (unpaired) electrons. The van der Waals surface area contributed by atoms with Crippen LogP contribution < -0.4 is 15.4 Å². The number of ketones is 2. The summed E-state index contributed by atoms with van der Waals surface area (Å²) < 4.78 is 5.24. The van der Waals surface area contributed by atoms with Crippen molar-refractivity contribution in [1.29, 1.82) is 0 Å². The molecule has 1 aliphatic carbocycles. The summed E-state index contributed by atoms with van der Waals surface area (Å²) >= 11 is 12.4. The van der Waals surface area contributed by atoms with E-state index in [1.807, 2.05) is 19.1 Å². The molecule has 0 heterocycles. The average Bonchev–Trinajstić information content (AvgIpc) is 2.69. The topological polar surface area (TPSA) is 67.4 Å². The van der Waals surface area contributed by atoms with Crippen molar-refractivity contribution < 1.29 is 14.3 Å². The number of ether oxygens (including phenoxy) is 1. The number of halogens is 2. The molecule has 1 aliphatic rings. The van der Waals surface area contributed by atoms with Gasteiger partial charge < -0.3 is 15.4 Å². The first kappa shape index (κ1) is 19.0. The fourth-order valence-corrected chi connectivity index (χ4v) is 2.99. The molecular weight excluding hydrogens is 387 g/mol. The molecule has 0 aromatic heterocycles. The predicted octanol–water partition coefficient (Wildman–Crippen LogP) is 4.58. The zero-order chi connectivity index (χ0) is 19.6. The number of para-hydroxylation sites is 2. The number of hydrogen-bond donors (Lipinski definition) is 2. The summed E-state index contributed by atoms with van der Waals surface area (Å²) in [4.78, 5) is 25.4. The van der Waals surface area contributed by atoms with Gasteiger partial charge in [-0.15, -0.1) is 0 Å². The standard InChI is InChI=1S/C20H16Cl2N2O3/c1-11-7-9-12(10-8-11)23-17-15(21)20(26)18(16(22)19(17)25)24-13-5-3-4-6-14(13)27-2/h3-10,23-24H,1-2H3. The number of benzene rings is 2. The van der Waals surface area contributed by atoms with Crippen LogP contribution in [0.2, 0.25) is 0 Å². The van der Waals surface area contributed by atoms with Gasteiger partial charge in [0.1, 0.15) is 27.2 Å². The number of anilines is 2. The maximum atomic E-state index is 12.7. The van der Waals surface area contributed by atoms with E-state index in [1.54, 1.807) is 36.4 Å². The van der Waals surface area contributed by atoms with E-state index in [1.165, 1.54) is 7.11 Å². The van der Waals surface area contributed by atoms with Gasteiger partial charge in [-0.05, 0) is 31.2 Å². The second-order valence-electron chi connectivity index (χ2n) is 5.85. The van der Waals surface area contributed by atoms with Crippen LogP contribution in [0.1, 0.15) is 5.56 Å². The first-order chi connectivity index (χ1) is 12.9. The van der Waals surface area contributed by atoms with Crippen molar-refractivity contribution in [2.75, 3.05) is 17.7 Å². The molecule has 0 saturated carbocycles. The Hall–Kier alpha value is -2.76. The summed E-state index contributed by atoms with van der Waals surface area (Å²) in [5.41, 5.74) is 2.04. The molecule has 0 atom stereocenters. The van der Waals surface area contributed by atoms with Gasteiger partial charge in [-0.3, -0.25) is 9.59 Å². The zero-order valence-electron chi connectivity index (χ0n) is 14.6. The monoisotopic (exact) mass is 402 g/mol. The SMILES string of the molecule is COc1ccccc1NC1=C(Cl)C(=O)C(Nc2ccc(C)cc2)=C(Cl)C1=O. The number of carbonyl (C=O) groups is 2. The Kier molecular flexibility index (Phi) is 5.54. The van der Waals surface area contributed by atoms with Crippen LogP contribution in [0.25, 0.3) is 0 Å². The van der Waals surface area contributed by atoms with Gasteiger partial charge in [-0.1, -0.05) is 53.0 Å². The van der Waals surface area contributed by atoms with Crippen molar-refractivity contribution >= 4 is 46.1 Å². The summed E-state index contributed by atoms with van der Waals surface area (Å²) in [7, 11) is 1.50. The second-order valence-corrected chi connectivity index (χ2v) is 6.61. The van der Waals surface area contributed by atoms with Gasteiger partial charge in [0.15, 0.2) is 0 Å². The van der Waals surface area contributed by atoms with E-state index >= 15 is 0 Å². The van der Waals surface area contributed by atoms with E-state index in [9.17, 15) is 9.59 Å². The fourth-order valence-electron chi connectivity index (χ4n) is 2.53. The normalized spacial score (nSPS) is 14.5. The maximum absolute atomic E-state index is 12.7. The number of rotatable bonds is 5. The van der Waals surface area contributed by atoms with E-state index in [0.29, 0.717) is 17.1 Å². The van der Waals surface area contributed by atoms with Gasteiger partial charge in [-0.25, -0.2) is 0 Å². The van der Waals surface area contributed by atoms with Crippen LogP contribution >= 0.6 is 23.2 Å². The molecule has 3 rings (SSSR count). The Balaban J connectivity index is 1.91. The fraction of sp³-hybridized carbons (Fsp3) is 0.100. The van der Waals surface area contributed by atoms with E-state index in [4.69, 9.17) is 27.9 Å². The van der Waals surface area contributed by atoms with Gasteiger partial charge >= 0.3 is 0 Å². The summed E-state index contributed by atoms with van der Waals surface area (Å²) in [5, 5.41) is 5.26. The van der Waals surface area contributed by atoms with Crippen molar-refractivity contribution in [2.45, 2.75) is 6.92 Å². The van der Waals surface area contributed by atoms with Crippen molar-refractivity contribution in [2.24, 2.45) is 0 Å². The lowest BCUT2D eigenvalue weighted by molar-refractivity contribution is -0.115. The molecular formula is C20H16Cl2N2O3. The van der Waals surface area contributed by atoms with Crippen LogP contribution in [-0.2, 0) is 9.59 Å². The zero-order valence-corrected chi connectivity index (χ0v) is 16.1. The van der Waals surface area contributed by atoms with Crippen LogP contribution in [0.5, 0.6) is 5.75 Å². The van der Waals surface area contributed by atoms with Gasteiger partial charge in [-0.2, -0.15) is 0 Å². The molecule has 2 aromatic rings. The highest BCUT2D eigenvalue weighted by Crippen LogP contribution is 2.33. The highest BCUT2D eigenvalue weighted by atomic mass is 35.5. The number of Topliss-reactive ketones (excluding diaryl/α,β-unsaturated/α-hetero) is 2. The van der Waals surface area contributed by atoms with Crippen LogP contribution in [0.4, 0.5) is 11.4 Å². The summed E-state index contributed by atoms with van der Waals surface area (Å²) in [5.74, 6) is -0.653. The Bertz CT molecular complexity index is 979. The molecule has 2 N–H and O–H groups in total. The van der Waals surface area contributed by atoms with Gasteiger partial charge in [0.25, 0.3) is 0 Å². The van der Waals surface area contributed by atoms with E-state index in [-0.39, 0.29) is 21.5 Å². The minimum Gasteiger partial charge on any atom is -0.495 e. The second kappa shape index (κ2) is 7.86. The van der Waals surface area contributed by atoms with E-state index < -0.39 is 11.6 Å². The minimum absolute atomic E-state index is 0.0545. The molecule has 0 unspecified atom stereocenters. The molecule has 0 bridgehead atoms. The maximum Gasteiger partial charge on any atom is 0.224 e. The summed E-state index contributed by atoms with van der Waals surface area (Å²) in [6.45, 7) is 1.95. The number of carbonyl (C=O) groups excluding carboxylic acids is 2. The molecule has 27 heavy (non-hydrogen) atoms. The molecule has 5 nitrogen and oxygen atoms in total. The number of hydrogen-bond acceptors (Lipinski definition) is 5. The minimum atomic E-state index is -0.582. The van der Waals surface area contributed by atoms with E-state index in [0.717, 1.165) is 5.56 Å². The quantitative estimate of drug-likeness (QED) is 0.716. The van der Waals surface area contributed by atoms with Crippen LogP contribution in [0.3, 0.4) is 0 Å². The van der Waals surface area contributed by atoms with Crippen molar-refractivity contribution in [3.8, 4) is 5.75 Å². The van der Waals surface area contributed by atoms with Crippen LogP contribution in [-0.4, -0.2) is 18.7 Å². The van der Waals surface area contributed by atoms with Crippen LogP contribution in [0, 0.1) is 6.92 Å². The van der Waals surface area contributed by atoms with Gasteiger partial charge in [0.2, 0.25) is 11.6 Å². The Morgan fingerprint density at radius 3 is 1.96 bits per heavy atom. The number of methoxy groups -OCH3 is 1. The number of aryl methyl sites for hydroxylation is 1. The summed E-state index contributed by atoms with van der Waals surface area (Å²) in [6.07, 6.45) is 0. The molecule has 0 aliphatic heterocycles. The third kappa shape index (κ3) is 3.84. The molecule has 0 saturated heterocycles. The largest absolute Gasteiger partial charge is 0.495 e. The molecule has 7 heteroatoms. The van der Waals surface area contributed by atoms with E-state index in [2.05, 4.69) is 10.6 Å². The van der Waals surface area contributed by atoms with Crippen molar-refractivity contribution in [1.82, 2.24) is 0 Å². The Labute approximate surface area is 166 Å². The van der Waals surface area contributed by atoms with Crippen LogP contribution in [0.15, 0.2) is 70.0 Å². The van der Waals surface area contributed by atoms with Crippen molar-refractivity contribution in [3.63, 3.8) is 0 Å². The number of nitrogens with one attached hydrogen (secondary N) is 2. The first-order valence-corrected chi connectivity index (χ1v) is 8.80. The smallest absolute Gasteiger partial charge is 0.224 e. The Morgan fingerprint density at radius 1 is 0.815 bits per heavy atom. The summed E-state index contributed by atoms with van der Waals surface area (Å²) in [6, 6.07) is 14.3. The third-order valence-corrected chi connectivity index (χ3v) is 4.70. The number of allylic oxidation sites excluding steroid dienone is 2. The lowest BCUT2D eigenvalue weighted by atomic mass is 10.0. The molecule has 0 amide bonds.